The average Bonchev–Trinajstić information content (AvgIpc) is 3.35. The van der Waals surface area contributed by atoms with Crippen LogP contribution in [-0.2, 0) is 47.5 Å². The van der Waals surface area contributed by atoms with Gasteiger partial charge < -0.3 is 23.6 Å². The predicted molar refractivity (Wildman–Crippen MR) is 191 cm³/mol. The van der Waals surface area contributed by atoms with Gasteiger partial charge in [-0.15, -0.1) is 0 Å². The molecule has 1 fully saturated rings. The monoisotopic (exact) mass is 725 g/mol. The van der Waals surface area contributed by atoms with Crippen molar-refractivity contribution in [1.29, 1.82) is 0 Å². The molecule has 3 heterocycles. The van der Waals surface area contributed by atoms with Gasteiger partial charge >= 0.3 is 13.8 Å². The quantitative estimate of drug-likeness (QED) is 0.150. The van der Waals surface area contributed by atoms with Crippen LogP contribution in [0.5, 0.6) is 17.2 Å². The lowest BCUT2D eigenvalue weighted by molar-refractivity contribution is -0.134. The summed E-state index contributed by atoms with van der Waals surface area (Å²) in [5, 5.41) is 0. The fourth-order valence-electron chi connectivity index (χ4n) is 7.95. The molecule has 0 radical (unpaired) electrons. The first-order valence-corrected chi connectivity index (χ1v) is 18.7. The number of hydrogen-bond donors (Lipinski definition) is 2. The van der Waals surface area contributed by atoms with E-state index in [0.29, 0.717) is 71.2 Å². The van der Waals surface area contributed by atoms with Gasteiger partial charge in [0, 0.05) is 53.6 Å². The molecule has 7 rings (SSSR count). The van der Waals surface area contributed by atoms with Crippen LogP contribution < -0.4 is 9.26 Å². The van der Waals surface area contributed by atoms with Crippen molar-refractivity contribution < 1.29 is 47.5 Å². The van der Waals surface area contributed by atoms with Crippen LogP contribution in [0.2, 0.25) is 0 Å². The van der Waals surface area contributed by atoms with Crippen LogP contribution in [0.1, 0.15) is 75.1 Å². The van der Waals surface area contributed by atoms with E-state index in [1.165, 1.54) is 0 Å². The fourth-order valence-corrected chi connectivity index (χ4v) is 8.35. The minimum absolute atomic E-state index is 0.0169. The van der Waals surface area contributed by atoms with E-state index in [2.05, 4.69) is 0 Å². The molecule has 0 aliphatic carbocycles. The molecule has 1 saturated heterocycles. The molecule has 2 N–H and O–H groups in total. The number of ketones is 1. The molecule has 0 saturated carbocycles. The van der Waals surface area contributed by atoms with E-state index in [1.807, 2.05) is 69.3 Å². The third-order valence-electron chi connectivity index (χ3n) is 9.94. The number of nitrogens with zero attached hydrogens (tertiary/aromatic N) is 1. The van der Waals surface area contributed by atoms with E-state index in [4.69, 9.17) is 18.7 Å². The lowest BCUT2D eigenvalue weighted by atomic mass is 9.76. The summed E-state index contributed by atoms with van der Waals surface area (Å²) in [6.07, 6.45) is 0.271. The van der Waals surface area contributed by atoms with Crippen LogP contribution in [0.25, 0.3) is 0 Å². The number of rotatable bonds is 9. The Bertz CT molecular complexity index is 2170. The highest BCUT2D eigenvalue weighted by molar-refractivity contribution is 7.46. The molecule has 3 aliphatic heterocycles. The molecule has 11 nitrogen and oxygen atoms in total. The number of carbonyl (C=O) groups is 3. The molecule has 4 aromatic carbocycles. The van der Waals surface area contributed by atoms with E-state index >= 15 is 0 Å². The van der Waals surface area contributed by atoms with E-state index in [-0.39, 0.29) is 36.7 Å². The Balaban J connectivity index is 1.21. The molecule has 0 aromatic heterocycles. The van der Waals surface area contributed by atoms with E-state index in [1.54, 1.807) is 36.1 Å². The van der Waals surface area contributed by atoms with Crippen molar-refractivity contribution in [2.24, 2.45) is 0 Å². The third-order valence-corrected chi connectivity index (χ3v) is 10.4. The summed E-state index contributed by atoms with van der Waals surface area (Å²) in [4.78, 5) is 61.2. The van der Waals surface area contributed by atoms with Crippen molar-refractivity contribution in [1.82, 2.24) is 4.90 Å². The van der Waals surface area contributed by atoms with Crippen LogP contribution in [-0.4, -0.2) is 58.6 Å². The van der Waals surface area contributed by atoms with Crippen LogP contribution in [0.15, 0.2) is 72.8 Å². The van der Waals surface area contributed by atoms with Gasteiger partial charge in [-0.1, -0.05) is 62.4 Å². The minimum atomic E-state index is -4.85. The van der Waals surface area contributed by atoms with Crippen molar-refractivity contribution in [3.8, 4) is 17.2 Å². The molecule has 1 unspecified atom stereocenters. The third kappa shape index (κ3) is 6.65. The van der Waals surface area contributed by atoms with E-state index < -0.39 is 24.8 Å². The Morgan fingerprint density at radius 2 is 1.52 bits per heavy atom. The maximum Gasteiger partial charge on any atom is 0.524 e. The number of esters is 1. The van der Waals surface area contributed by atoms with Gasteiger partial charge in [-0.05, 0) is 60.4 Å². The normalized spacial score (nSPS) is 17.9. The van der Waals surface area contributed by atoms with Crippen molar-refractivity contribution in [3.63, 3.8) is 0 Å². The van der Waals surface area contributed by atoms with Crippen molar-refractivity contribution in [2.45, 2.75) is 58.0 Å². The molecule has 12 heteroatoms. The topological polar surface area (TPSA) is 149 Å². The highest BCUT2D eigenvalue weighted by Crippen LogP contribution is 2.56. The van der Waals surface area contributed by atoms with Gasteiger partial charge in [0.15, 0.2) is 5.60 Å². The number of Topliss-reactive ketones (excluding diaryl/α,β-unsaturated/α-hetero) is 1. The van der Waals surface area contributed by atoms with Gasteiger partial charge in [0.1, 0.15) is 23.0 Å². The van der Waals surface area contributed by atoms with Gasteiger partial charge in [0.05, 0.1) is 25.2 Å². The second-order valence-corrected chi connectivity index (χ2v) is 15.5. The molecule has 3 aliphatic rings. The molecular formula is C40H40NO10P. The number of phosphoric acid groups is 1. The average molecular weight is 726 g/mol. The van der Waals surface area contributed by atoms with Gasteiger partial charge in [0.25, 0.3) is 0 Å². The molecule has 1 atom stereocenters. The lowest BCUT2D eigenvalue weighted by Crippen LogP contribution is -2.41. The standard InChI is InChI=1S/C40H40NO10P/c1-24-17-25(2)37(35(18-24)51-52(45,46)47)39(3,4)23-28(42)19-26-9-11-31-33(20-26)49-34-21-27(22-36(43)41-13-15-48-16-14-41)10-12-32(34)40(31)30-8-6-5-7-29(30)38(44)50-40/h5-12,17-18,20-21H,13-16,19,22-23H2,1-4H3,(H2,45,46,47). The number of morpholine rings is 1. The van der Waals surface area contributed by atoms with Gasteiger partial charge in [-0.3, -0.25) is 19.4 Å². The summed E-state index contributed by atoms with van der Waals surface area (Å²) in [7, 11) is -4.85. The molecule has 52 heavy (non-hydrogen) atoms. The zero-order valence-electron chi connectivity index (χ0n) is 29.4. The number of carbonyl (C=O) groups excluding carboxylic acids is 3. The molecule has 0 bridgehead atoms. The Hall–Kier alpha value is -4.80. The van der Waals surface area contributed by atoms with Gasteiger partial charge in [0.2, 0.25) is 5.91 Å². The fraction of sp³-hybridized carbons (Fsp3) is 0.325. The number of amides is 1. The smallest absolute Gasteiger partial charge is 0.456 e. The molecule has 270 valence electrons. The van der Waals surface area contributed by atoms with E-state index in [0.717, 1.165) is 16.7 Å². The maximum absolute atomic E-state index is 13.7. The summed E-state index contributed by atoms with van der Waals surface area (Å²) < 4.78 is 35.1. The highest BCUT2D eigenvalue weighted by Gasteiger charge is 2.53. The summed E-state index contributed by atoms with van der Waals surface area (Å²) in [5.41, 5.74) is 3.72. The Kier molecular flexibility index (Phi) is 9.11. The number of aryl methyl sites for hydroxylation is 2. The second-order valence-electron chi connectivity index (χ2n) is 14.4. The Morgan fingerprint density at radius 3 is 2.17 bits per heavy atom. The highest BCUT2D eigenvalue weighted by atomic mass is 31.2. The first kappa shape index (κ1) is 35.6. The zero-order chi connectivity index (χ0) is 37.0. The SMILES string of the molecule is Cc1cc(C)c(C(C)(C)CC(=O)Cc2ccc3c(c2)Oc2cc(CC(=O)N4CCOCC4)ccc2C32OC(=O)c3ccccc32)c(OP(=O)(O)O)c1. The molecule has 4 aromatic rings. The zero-order valence-corrected chi connectivity index (χ0v) is 30.3. The van der Waals surface area contributed by atoms with Crippen molar-refractivity contribution in [3.05, 3.63) is 123 Å². The molecule has 1 amide bonds. The predicted octanol–water partition coefficient (Wildman–Crippen LogP) is 6.22. The van der Waals surface area contributed by atoms with E-state index in [9.17, 15) is 28.7 Å². The number of phosphoric ester groups is 1. The van der Waals surface area contributed by atoms with Crippen molar-refractivity contribution >= 4 is 25.5 Å². The van der Waals surface area contributed by atoms with Crippen LogP contribution in [0.4, 0.5) is 0 Å². The van der Waals surface area contributed by atoms with Gasteiger partial charge in [-0.2, -0.15) is 0 Å². The Labute approximate surface area is 301 Å². The van der Waals surface area contributed by atoms with Crippen molar-refractivity contribution in [2.75, 3.05) is 26.3 Å². The summed E-state index contributed by atoms with van der Waals surface area (Å²) in [6.45, 7) is 9.40. The summed E-state index contributed by atoms with van der Waals surface area (Å²) in [6, 6.07) is 21.7. The summed E-state index contributed by atoms with van der Waals surface area (Å²) >= 11 is 0. The second kappa shape index (κ2) is 13.3. The molecule has 1 spiro atoms. The van der Waals surface area contributed by atoms with Crippen LogP contribution in [0.3, 0.4) is 0 Å². The number of benzene rings is 4. The minimum Gasteiger partial charge on any atom is -0.456 e. The van der Waals surface area contributed by atoms with Crippen LogP contribution in [0, 0.1) is 13.8 Å². The maximum atomic E-state index is 13.7. The Morgan fingerprint density at radius 1 is 0.885 bits per heavy atom. The molecular weight excluding hydrogens is 685 g/mol. The number of hydrogen-bond acceptors (Lipinski definition) is 8. The summed E-state index contributed by atoms with van der Waals surface area (Å²) in [5.74, 6) is 0.325. The van der Waals surface area contributed by atoms with Gasteiger partial charge in [-0.25, -0.2) is 9.36 Å². The first-order valence-electron chi connectivity index (χ1n) is 17.2. The lowest BCUT2D eigenvalue weighted by Gasteiger charge is -2.37. The number of ether oxygens (including phenoxy) is 3. The first-order chi connectivity index (χ1) is 24.6. The number of fused-ring (bicyclic) bond motifs is 6. The van der Waals surface area contributed by atoms with Crippen LogP contribution >= 0.6 is 7.82 Å². The largest absolute Gasteiger partial charge is 0.524 e.